The summed E-state index contributed by atoms with van der Waals surface area (Å²) < 4.78 is 6.60. The number of hydrogen-bond acceptors (Lipinski definition) is 8. The zero-order chi connectivity index (χ0) is 19.5. The van der Waals surface area contributed by atoms with Gasteiger partial charge in [-0.2, -0.15) is 5.26 Å². The molecule has 0 aliphatic heterocycles. The van der Waals surface area contributed by atoms with E-state index in [-0.39, 0.29) is 17.1 Å². The van der Waals surface area contributed by atoms with E-state index in [1.165, 1.54) is 23.1 Å². The normalized spacial score (nSPS) is 12.0. The molecule has 138 valence electrons. The summed E-state index contributed by atoms with van der Waals surface area (Å²) in [6.07, 6.45) is 0. The van der Waals surface area contributed by atoms with Crippen LogP contribution in [0.1, 0.15) is 10.6 Å². The maximum Gasteiger partial charge on any atom is 0.277 e. The van der Waals surface area contributed by atoms with Crippen LogP contribution < -0.4 is 0 Å². The number of benzene rings is 2. The molecule has 2 aromatic heterocycles. The molecule has 1 N–H and O–H groups in total. The lowest BCUT2D eigenvalue weighted by molar-refractivity contribution is 0.419. The summed E-state index contributed by atoms with van der Waals surface area (Å²) in [6, 6.07) is 17.4. The first-order valence-electron chi connectivity index (χ1n) is 8.35. The molecule has 0 spiro atoms. The van der Waals surface area contributed by atoms with Gasteiger partial charge in [-0.3, -0.25) is 0 Å². The van der Waals surface area contributed by atoms with Crippen molar-refractivity contribution in [2.45, 2.75) is 12.1 Å². The number of fused-ring (bicyclic) bond motifs is 1. The molecule has 0 bridgehead atoms. The maximum atomic E-state index is 10.4. The van der Waals surface area contributed by atoms with Crippen LogP contribution in [0, 0.1) is 18.3 Å². The highest BCUT2D eigenvalue weighted by Crippen LogP contribution is 2.30. The molecular weight excluding hydrogens is 392 g/mol. The molecule has 0 unspecified atom stereocenters. The molecule has 0 fully saturated rings. The van der Waals surface area contributed by atoms with Crippen LogP contribution in [0.3, 0.4) is 0 Å². The van der Waals surface area contributed by atoms with Crippen LogP contribution in [0.15, 0.2) is 63.9 Å². The number of rotatable bonds is 5. The third-order valence-electron chi connectivity index (χ3n) is 3.95. The molecule has 0 radical (unpaired) electrons. The summed E-state index contributed by atoms with van der Waals surface area (Å²) >= 11 is 2.54. The van der Waals surface area contributed by atoms with E-state index in [0.717, 1.165) is 21.3 Å². The Hall–Kier alpha value is -3.15. The van der Waals surface area contributed by atoms with Crippen molar-refractivity contribution in [3.05, 3.63) is 64.9 Å². The van der Waals surface area contributed by atoms with Gasteiger partial charge >= 0.3 is 0 Å². The van der Waals surface area contributed by atoms with Gasteiger partial charge in [-0.1, -0.05) is 41.6 Å². The number of nitriles is 1. The molecule has 2 heterocycles. The summed E-state index contributed by atoms with van der Waals surface area (Å²) in [6.45, 7) is 2.01. The standard InChI is InChI=1S/C20H14N4O2S2/c1-12-6-8-13(9-7-12)18-23-24-20(26-18)27-11-16(25)14(10-21)19-22-15-4-2-3-5-17(15)28-19/h2-9,25H,11H2,1H3/b16-14-. The minimum atomic E-state index is -0.0679. The van der Waals surface area contributed by atoms with Crippen molar-refractivity contribution < 1.29 is 9.52 Å². The topological polar surface area (TPSA) is 95.8 Å². The summed E-state index contributed by atoms with van der Waals surface area (Å²) in [5.41, 5.74) is 2.94. The fraction of sp³-hybridized carbons (Fsp3) is 0.100. The molecule has 0 saturated heterocycles. The number of allylic oxidation sites excluding steroid dienone is 1. The number of nitrogens with zero attached hydrogens (tertiary/aromatic N) is 4. The van der Waals surface area contributed by atoms with Gasteiger partial charge in [-0.25, -0.2) is 4.98 Å². The van der Waals surface area contributed by atoms with E-state index in [2.05, 4.69) is 15.2 Å². The van der Waals surface area contributed by atoms with E-state index >= 15 is 0 Å². The largest absolute Gasteiger partial charge is 0.510 e. The van der Waals surface area contributed by atoms with Crippen molar-refractivity contribution in [2.75, 3.05) is 5.75 Å². The Labute approximate surface area is 169 Å². The SMILES string of the molecule is Cc1ccc(-c2nnc(SC/C(O)=C(\C#N)c3nc4ccccc4s3)o2)cc1. The number of para-hydroxylation sites is 1. The third-order valence-corrected chi connectivity index (χ3v) is 5.83. The molecule has 2 aromatic carbocycles. The first-order chi connectivity index (χ1) is 13.6. The lowest BCUT2D eigenvalue weighted by Gasteiger charge is -2.00. The van der Waals surface area contributed by atoms with Crippen molar-refractivity contribution >= 4 is 38.9 Å². The van der Waals surface area contributed by atoms with Gasteiger partial charge in [0.15, 0.2) is 0 Å². The summed E-state index contributed by atoms with van der Waals surface area (Å²) in [4.78, 5) is 4.43. The Balaban J connectivity index is 1.51. The van der Waals surface area contributed by atoms with Gasteiger partial charge in [0.25, 0.3) is 5.22 Å². The number of aryl methyl sites for hydroxylation is 1. The molecule has 0 atom stereocenters. The number of aliphatic hydroxyl groups is 1. The van der Waals surface area contributed by atoms with Gasteiger partial charge in [0.2, 0.25) is 5.89 Å². The van der Waals surface area contributed by atoms with Crippen LogP contribution in [0.5, 0.6) is 0 Å². The smallest absolute Gasteiger partial charge is 0.277 e. The predicted octanol–water partition coefficient (Wildman–Crippen LogP) is 5.24. The molecule has 0 amide bonds. The van der Waals surface area contributed by atoms with Crippen LogP contribution in [0.25, 0.3) is 27.2 Å². The molecule has 0 aliphatic rings. The third kappa shape index (κ3) is 3.76. The first kappa shape index (κ1) is 18.2. The Morgan fingerprint density at radius 1 is 1.18 bits per heavy atom. The number of aliphatic hydroxyl groups excluding tert-OH is 1. The molecule has 8 heteroatoms. The van der Waals surface area contributed by atoms with Crippen LogP contribution in [-0.2, 0) is 0 Å². The van der Waals surface area contributed by atoms with Crippen molar-refractivity contribution in [1.82, 2.24) is 15.2 Å². The quantitative estimate of drug-likeness (QED) is 0.275. The highest BCUT2D eigenvalue weighted by molar-refractivity contribution is 7.99. The Morgan fingerprint density at radius 3 is 2.71 bits per heavy atom. The molecular formula is C20H14N4O2S2. The molecule has 0 saturated carbocycles. The molecule has 28 heavy (non-hydrogen) atoms. The van der Waals surface area contributed by atoms with E-state index in [0.29, 0.717) is 16.1 Å². The van der Waals surface area contributed by atoms with Crippen LogP contribution >= 0.6 is 23.1 Å². The highest BCUT2D eigenvalue weighted by Gasteiger charge is 2.16. The molecule has 4 rings (SSSR count). The minimum absolute atomic E-state index is 0.0679. The second kappa shape index (κ2) is 7.84. The summed E-state index contributed by atoms with van der Waals surface area (Å²) in [7, 11) is 0. The van der Waals surface area contributed by atoms with Crippen LogP contribution in [0.4, 0.5) is 0 Å². The van der Waals surface area contributed by atoms with E-state index in [1.54, 1.807) is 0 Å². The van der Waals surface area contributed by atoms with E-state index < -0.39 is 0 Å². The van der Waals surface area contributed by atoms with E-state index in [9.17, 15) is 10.4 Å². The average molecular weight is 406 g/mol. The number of thiazole rings is 1. The molecule has 4 aromatic rings. The number of hydrogen-bond donors (Lipinski definition) is 1. The monoisotopic (exact) mass is 406 g/mol. The number of thioether (sulfide) groups is 1. The maximum absolute atomic E-state index is 10.4. The van der Waals surface area contributed by atoms with Gasteiger partial charge in [0.1, 0.15) is 22.4 Å². The van der Waals surface area contributed by atoms with Gasteiger partial charge in [-0.15, -0.1) is 21.5 Å². The Morgan fingerprint density at radius 2 is 1.96 bits per heavy atom. The fourth-order valence-corrected chi connectivity index (χ4v) is 4.12. The van der Waals surface area contributed by atoms with Crippen molar-refractivity contribution in [1.29, 1.82) is 5.26 Å². The fourth-order valence-electron chi connectivity index (χ4n) is 2.50. The Bertz CT molecular complexity index is 1170. The lowest BCUT2D eigenvalue weighted by Crippen LogP contribution is -1.92. The zero-order valence-electron chi connectivity index (χ0n) is 14.8. The van der Waals surface area contributed by atoms with Gasteiger partial charge in [-0.05, 0) is 31.2 Å². The van der Waals surface area contributed by atoms with Crippen molar-refractivity contribution in [2.24, 2.45) is 0 Å². The summed E-state index contributed by atoms with van der Waals surface area (Å²) in [5.74, 6) is 0.480. The lowest BCUT2D eigenvalue weighted by atomic mass is 10.1. The van der Waals surface area contributed by atoms with Crippen LogP contribution in [-0.4, -0.2) is 26.0 Å². The van der Waals surface area contributed by atoms with Gasteiger partial charge in [0.05, 0.1) is 16.0 Å². The minimum Gasteiger partial charge on any atom is -0.510 e. The number of aromatic nitrogens is 3. The molecule has 6 nitrogen and oxygen atoms in total. The Kier molecular flexibility index (Phi) is 5.10. The van der Waals surface area contributed by atoms with Gasteiger partial charge in [0, 0.05) is 5.56 Å². The zero-order valence-corrected chi connectivity index (χ0v) is 16.4. The van der Waals surface area contributed by atoms with Gasteiger partial charge < -0.3 is 9.52 Å². The van der Waals surface area contributed by atoms with Crippen LogP contribution in [0.2, 0.25) is 0 Å². The van der Waals surface area contributed by atoms with E-state index in [1.807, 2.05) is 61.5 Å². The second-order valence-electron chi connectivity index (χ2n) is 5.95. The molecule has 0 aliphatic carbocycles. The van der Waals surface area contributed by atoms with E-state index in [4.69, 9.17) is 4.42 Å². The van der Waals surface area contributed by atoms with Crippen molar-refractivity contribution in [3.63, 3.8) is 0 Å². The predicted molar refractivity (Wildman–Crippen MR) is 110 cm³/mol. The first-order valence-corrected chi connectivity index (χ1v) is 10.2. The van der Waals surface area contributed by atoms with Crippen molar-refractivity contribution in [3.8, 4) is 17.5 Å². The second-order valence-corrected chi connectivity index (χ2v) is 7.91. The highest BCUT2D eigenvalue weighted by atomic mass is 32.2. The average Bonchev–Trinajstić information content (AvgIpc) is 3.34. The summed E-state index contributed by atoms with van der Waals surface area (Å²) in [5, 5.41) is 28.7.